The topological polar surface area (TPSA) is 139 Å². The van der Waals surface area contributed by atoms with Gasteiger partial charge in [-0.1, -0.05) is 389 Å². The summed E-state index contributed by atoms with van der Waals surface area (Å²) in [6, 6.07) is 0. The molecule has 0 aromatic carbocycles. The van der Waals surface area contributed by atoms with E-state index in [-0.39, 0.29) is 23.9 Å². The molecule has 1 aliphatic rings. The van der Waals surface area contributed by atoms with Gasteiger partial charge in [-0.3, -0.25) is 24.1 Å². The van der Waals surface area contributed by atoms with Crippen LogP contribution in [0.25, 0.3) is 0 Å². The van der Waals surface area contributed by atoms with Crippen LogP contribution in [0.5, 0.6) is 0 Å². The standard InChI is InChI=1S/C103H200N2O11/c1-10-17-40-61-94(62-41-18-11-2)77-87-113-100(106)73-52-35-27-23-31-48-69-98(111-85-57-81-104(9)16-7)70-49-32-24-28-36-54-75-102(108)115-89-79-96(65-44-21-14-5)67-47-39-46-59-93(8)60-56-68-97(66-45-22-15-6)80-90-116-103(109)76-55-38-30-26-34-51-72-99(112-86-58-82-105-83-91-110-92-84-105)71-50-33-25-29-37-53-74-101(107)114-88-78-95(63-42-19-12-3)64-43-20-13-4/h93-99H,10-92H2,1-9H3. The van der Waals surface area contributed by atoms with Gasteiger partial charge in [-0.25, -0.2) is 0 Å². The second-order valence-corrected chi connectivity index (χ2v) is 36.8. The molecule has 1 fully saturated rings. The van der Waals surface area contributed by atoms with Crippen LogP contribution in [0.4, 0.5) is 0 Å². The van der Waals surface area contributed by atoms with Gasteiger partial charge in [-0.05, 0) is 133 Å². The monoisotopic (exact) mass is 1640 g/mol. The van der Waals surface area contributed by atoms with E-state index in [4.69, 9.17) is 33.2 Å². The average molecular weight is 1640 g/mol. The van der Waals surface area contributed by atoms with Crippen LogP contribution in [0, 0.1) is 29.6 Å². The maximum absolute atomic E-state index is 12.9. The van der Waals surface area contributed by atoms with Crippen LogP contribution in [-0.4, -0.2) is 139 Å². The van der Waals surface area contributed by atoms with Crippen LogP contribution >= 0.6 is 0 Å². The second-order valence-electron chi connectivity index (χ2n) is 36.8. The third kappa shape index (κ3) is 76.6. The van der Waals surface area contributed by atoms with Crippen LogP contribution < -0.4 is 0 Å². The largest absolute Gasteiger partial charge is 0.466 e. The molecule has 0 saturated carbocycles. The Morgan fingerprint density at radius 3 is 0.845 bits per heavy atom. The van der Waals surface area contributed by atoms with Gasteiger partial charge < -0.3 is 38.1 Å². The van der Waals surface area contributed by atoms with Crippen molar-refractivity contribution in [1.82, 2.24) is 9.80 Å². The first-order valence-electron chi connectivity index (χ1n) is 51.7. The summed E-state index contributed by atoms with van der Waals surface area (Å²) in [6.45, 7) is 29.4. The second kappa shape index (κ2) is 87.6. The summed E-state index contributed by atoms with van der Waals surface area (Å²) in [5.41, 5.74) is 0. The Hall–Kier alpha value is -2.32. The highest BCUT2D eigenvalue weighted by Crippen LogP contribution is 2.29. The van der Waals surface area contributed by atoms with E-state index in [1.807, 2.05) is 0 Å². The minimum Gasteiger partial charge on any atom is -0.466 e. The van der Waals surface area contributed by atoms with Crippen molar-refractivity contribution in [2.75, 3.05) is 92.6 Å². The summed E-state index contributed by atoms with van der Waals surface area (Å²) < 4.78 is 41.9. The molecule has 5 unspecified atom stereocenters. The van der Waals surface area contributed by atoms with Gasteiger partial charge in [0.1, 0.15) is 0 Å². The normalized spacial score (nSPS) is 14.1. The Bertz CT molecular complexity index is 2040. The first kappa shape index (κ1) is 112. The van der Waals surface area contributed by atoms with E-state index in [0.717, 1.165) is 181 Å². The third-order valence-corrected chi connectivity index (χ3v) is 25.9. The first-order valence-corrected chi connectivity index (χ1v) is 51.7. The molecule has 116 heavy (non-hydrogen) atoms. The first-order chi connectivity index (χ1) is 56.9. The van der Waals surface area contributed by atoms with Crippen LogP contribution in [0.1, 0.15) is 505 Å². The molecule has 1 saturated heterocycles. The lowest BCUT2D eigenvalue weighted by molar-refractivity contribution is -0.145. The van der Waals surface area contributed by atoms with Crippen molar-refractivity contribution in [1.29, 1.82) is 0 Å². The Morgan fingerprint density at radius 1 is 0.284 bits per heavy atom. The van der Waals surface area contributed by atoms with Gasteiger partial charge in [0.15, 0.2) is 0 Å². The molecule has 0 aromatic rings. The van der Waals surface area contributed by atoms with Crippen molar-refractivity contribution in [3.05, 3.63) is 0 Å². The predicted molar refractivity (Wildman–Crippen MR) is 494 cm³/mol. The lowest BCUT2D eigenvalue weighted by Crippen LogP contribution is -2.37. The highest BCUT2D eigenvalue weighted by molar-refractivity contribution is 5.70. The van der Waals surface area contributed by atoms with Crippen LogP contribution in [-0.2, 0) is 52.3 Å². The van der Waals surface area contributed by atoms with Gasteiger partial charge >= 0.3 is 23.9 Å². The number of carbonyl (C=O) groups excluding carboxylic acids is 4. The van der Waals surface area contributed by atoms with Crippen molar-refractivity contribution < 1.29 is 52.3 Å². The van der Waals surface area contributed by atoms with Crippen LogP contribution in [0.2, 0.25) is 0 Å². The lowest BCUT2D eigenvalue weighted by Gasteiger charge is -2.26. The molecule has 0 amide bonds. The highest BCUT2D eigenvalue weighted by atomic mass is 16.5. The molecular weight excluding hydrogens is 1440 g/mol. The highest BCUT2D eigenvalue weighted by Gasteiger charge is 2.19. The van der Waals surface area contributed by atoms with Gasteiger partial charge in [0, 0.05) is 65.1 Å². The van der Waals surface area contributed by atoms with E-state index >= 15 is 0 Å². The van der Waals surface area contributed by atoms with Crippen molar-refractivity contribution in [2.45, 2.75) is 517 Å². The molecule has 0 radical (unpaired) electrons. The predicted octanol–water partition coefficient (Wildman–Crippen LogP) is 29.7. The number of nitrogens with zero attached hydrogens (tertiary/aromatic N) is 2. The number of morpholine rings is 1. The third-order valence-electron chi connectivity index (χ3n) is 25.9. The fraction of sp³-hybridized carbons (Fsp3) is 0.961. The lowest BCUT2D eigenvalue weighted by atomic mass is 9.89. The van der Waals surface area contributed by atoms with E-state index in [2.05, 4.69) is 72.2 Å². The summed E-state index contributed by atoms with van der Waals surface area (Å²) in [4.78, 5) is 55.8. The van der Waals surface area contributed by atoms with Crippen molar-refractivity contribution >= 4 is 23.9 Å². The number of hydrogen-bond acceptors (Lipinski definition) is 13. The number of rotatable bonds is 93. The SMILES string of the molecule is CCCCCC(CCCCC)CCOC(=O)CCCCCCCCC(CCCCCCCCC(=O)OCCC(CCCCC)CCCCCC(C)CCCC(CCCCC)CCOC(=O)CCCCCCCCC(CCCCCCCCC(=O)OCCC(CCCCC)CCCCC)OCCCN1CCOCC1)OCCCN(C)CC. The van der Waals surface area contributed by atoms with Gasteiger partial charge in [-0.15, -0.1) is 0 Å². The van der Waals surface area contributed by atoms with Crippen molar-refractivity contribution in [3.8, 4) is 0 Å². The van der Waals surface area contributed by atoms with E-state index in [9.17, 15) is 19.2 Å². The molecule has 13 nitrogen and oxygen atoms in total. The number of ether oxygens (including phenoxy) is 7. The molecule has 1 rings (SSSR count). The number of carbonyl (C=O) groups is 4. The summed E-state index contributed by atoms with van der Waals surface area (Å²) in [5.74, 6) is 3.44. The van der Waals surface area contributed by atoms with Gasteiger partial charge in [0.25, 0.3) is 0 Å². The number of unbranched alkanes of at least 4 members (excludes halogenated alkanes) is 34. The van der Waals surface area contributed by atoms with Crippen molar-refractivity contribution in [2.24, 2.45) is 29.6 Å². The molecule has 0 aromatic heterocycles. The van der Waals surface area contributed by atoms with Crippen LogP contribution in [0.3, 0.4) is 0 Å². The van der Waals surface area contributed by atoms with E-state index in [1.54, 1.807) is 0 Å². The Morgan fingerprint density at radius 2 is 0.534 bits per heavy atom. The zero-order chi connectivity index (χ0) is 84.1. The Labute approximate surface area is 721 Å². The Kier molecular flexibility index (Phi) is 84.3. The fourth-order valence-electron chi connectivity index (χ4n) is 17.6. The summed E-state index contributed by atoms with van der Waals surface area (Å²) in [5, 5.41) is 0. The molecule has 0 N–H and O–H groups in total. The van der Waals surface area contributed by atoms with E-state index in [0.29, 0.717) is 88.0 Å². The fourth-order valence-corrected chi connectivity index (χ4v) is 17.6. The quantitative estimate of drug-likeness (QED) is 0.0325. The average Bonchev–Trinajstić information content (AvgIpc) is 0.948. The smallest absolute Gasteiger partial charge is 0.305 e. The van der Waals surface area contributed by atoms with E-state index < -0.39 is 0 Å². The zero-order valence-electron chi connectivity index (χ0n) is 79.1. The summed E-state index contributed by atoms with van der Waals surface area (Å²) in [6.07, 6.45) is 82.3. The molecule has 0 aliphatic carbocycles. The maximum Gasteiger partial charge on any atom is 0.305 e. The Balaban J connectivity index is 2.32. The summed E-state index contributed by atoms with van der Waals surface area (Å²) >= 11 is 0. The number of esters is 4. The molecule has 0 bridgehead atoms. The molecule has 5 atom stereocenters. The maximum atomic E-state index is 12.9. The minimum absolute atomic E-state index is 0.000483. The van der Waals surface area contributed by atoms with E-state index in [1.165, 1.54) is 308 Å². The van der Waals surface area contributed by atoms with Gasteiger partial charge in [0.2, 0.25) is 0 Å². The van der Waals surface area contributed by atoms with Crippen LogP contribution in [0.15, 0.2) is 0 Å². The zero-order valence-corrected chi connectivity index (χ0v) is 79.1. The summed E-state index contributed by atoms with van der Waals surface area (Å²) in [7, 11) is 2.19. The number of hydrogen-bond donors (Lipinski definition) is 0. The van der Waals surface area contributed by atoms with Crippen molar-refractivity contribution in [3.63, 3.8) is 0 Å². The minimum atomic E-state index is -0.00522. The molecule has 13 heteroatoms. The van der Waals surface area contributed by atoms with Gasteiger partial charge in [-0.2, -0.15) is 0 Å². The molecule has 0 spiro atoms. The van der Waals surface area contributed by atoms with Gasteiger partial charge in [0.05, 0.1) is 51.8 Å². The molecule has 1 aliphatic heterocycles. The molecule has 688 valence electrons. The molecular formula is C103H200N2O11. The molecule has 1 heterocycles.